The number of hydroxylamine groups is 2. The van der Waals surface area contributed by atoms with Gasteiger partial charge in [-0.05, 0) is 40.5 Å². The number of ether oxygens (including phenoxy) is 1. The van der Waals surface area contributed by atoms with Crippen LogP contribution >= 0.6 is 0 Å². The summed E-state index contributed by atoms with van der Waals surface area (Å²) in [4.78, 5) is 0. The van der Waals surface area contributed by atoms with Crippen molar-refractivity contribution in [2.75, 3.05) is 6.61 Å². The topological polar surface area (TPSA) is 35.7 Å². The number of piperidine rings is 1. The molecule has 0 aromatic rings. The molecular weight excluding hydrogens is 166 g/mol. The van der Waals surface area contributed by atoms with Gasteiger partial charge >= 0.3 is 0 Å². The maximum Gasteiger partial charge on any atom is 0.0953 e. The lowest BCUT2D eigenvalue weighted by Gasteiger charge is -2.49. The molecule has 2 fully saturated rings. The van der Waals surface area contributed by atoms with Crippen molar-refractivity contribution in [1.29, 1.82) is 0 Å². The lowest BCUT2D eigenvalue weighted by molar-refractivity contribution is -0.295. The van der Waals surface area contributed by atoms with Gasteiger partial charge < -0.3 is 4.74 Å². The molecule has 2 aliphatic rings. The largest absolute Gasteiger partial charge is 0.369 e. The molecule has 75 valence electrons. The van der Waals surface area contributed by atoms with Crippen LogP contribution in [0.1, 0.15) is 40.5 Å². The zero-order chi connectivity index (χ0) is 9.91. The fourth-order valence-electron chi connectivity index (χ4n) is 2.91. The van der Waals surface area contributed by atoms with E-state index < -0.39 is 0 Å². The molecule has 0 aliphatic carbocycles. The van der Waals surface area contributed by atoms with Gasteiger partial charge in [0.05, 0.1) is 12.2 Å². The van der Waals surface area contributed by atoms with E-state index in [-0.39, 0.29) is 16.7 Å². The minimum absolute atomic E-state index is 0.0356. The smallest absolute Gasteiger partial charge is 0.0953 e. The highest BCUT2D eigenvalue weighted by Gasteiger charge is 2.59. The Labute approximate surface area is 79.6 Å². The summed E-state index contributed by atoms with van der Waals surface area (Å²) < 4.78 is 5.49. The van der Waals surface area contributed by atoms with Gasteiger partial charge in [0, 0.05) is 11.1 Å². The van der Waals surface area contributed by atoms with Crippen LogP contribution in [0.25, 0.3) is 0 Å². The van der Waals surface area contributed by atoms with E-state index in [1.165, 1.54) is 5.06 Å². The highest BCUT2D eigenvalue weighted by atomic mass is 16.6. The van der Waals surface area contributed by atoms with Crippen molar-refractivity contribution in [2.45, 2.75) is 57.2 Å². The Bertz CT molecular complexity index is 211. The molecule has 2 saturated heterocycles. The van der Waals surface area contributed by atoms with Crippen LogP contribution in [-0.2, 0) is 9.94 Å². The zero-order valence-corrected chi connectivity index (χ0v) is 8.89. The Morgan fingerprint density at radius 2 is 1.46 bits per heavy atom. The Balaban J connectivity index is 2.25. The molecule has 3 heteroatoms. The summed E-state index contributed by atoms with van der Waals surface area (Å²) in [6.07, 6.45) is 1.74. The van der Waals surface area contributed by atoms with Crippen LogP contribution in [0.2, 0.25) is 0 Å². The van der Waals surface area contributed by atoms with E-state index in [1.807, 2.05) is 27.7 Å². The Morgan fingerprint density at radius 1 is 1.08 bits per heavy atom. The van der Waals surface area contributed by atoms with Gasteiger partial charge in [0.15, 0.2) is 0 Å². The maximum atomic E-state index is 11.9. The standard InChI is InChI=1S/C10H18NO2/c1-8(2)5-10(7-13-10)6-9(3,4)11(8)12/h5-7H2,1-4H3. The minimum Gasteiger partial charge on any atom is -0.369 e. The molecule has 2 rings (SSSR count). The number of hydrogen-bond donors (Lipinski definition) is 0. The quantitative estimate of drug-likeness (QED) is 0.538. The molecule has 0 bridgehead atoms. The Morgan fingerprint density at radius 3 is 1.77 bits per heavy atom. The third-order valence-corrected chi connectivity index (χ3v) is 3.16. The van der Waals surface area contributed by atoms with E-state index in [0.717, 1.165) is 19.4 Å². The highest BCUT2D eigenvalue weighted by molar-refractivity contribution is 5.09. The number of hydrogen-bond acceptors (Lipinski definition) is 2. The van der Waals surface area contributed by atoms with E-state index in [4.69, 9.17) is 4.74 Å². The summed E-state index contributed by atoms with van der Waals surface area (Å²) in [6.45, 7) is 8.86. The fraction of sp³-hybridized carbons (Fsp3) is 1.00. The van der Waals surface area contributed by atoms with Gasteiger partial charge in [-0.3, -0.25) is 0 Å². The zero-order valence-electron chi connectivity index (χ0n) is 8.89. The highest BCUT2D eigenvalue weighted by Crippen LogP contribution is 2.50. The van der Waals surface area contributed by atoms with Gasteiger partial charge in [-0.15, -0.1) is 10.3 Å². The monoisotopic (exact) mass is 184 g/mol. The van der Waals surface area contributed by atoms with Crippen molar-refractivity contribution in [3.8, 4) is 0 Å². The second-order valence-corrected chi connectivity index (χ2v) is 5.74. The molecular formula is C10H18NO2. The second-order valence-electron chi connectivity index (χ2n) is 5.74. The molecule has 0 saturated carbocycles. The van der Waals surface area contributed by atoms with Crippen LogP contribution in [0.5, 0.6) is 0 Å². The molecule has 13 heavy (non-hydrogen) atoms. The average Bonchev–Trinajstić information content (AvgIpc) is 2.62. The van der Waals surface area contributed by atoms with Gasteiger partial charge in [0.25, 0.3) is 0 Å². The average molecular weight is 184 g/mol. The first-order valence-corrected chi connectivity index (χ1v) is 4.89. The van der Waals surface area contributed by atoms with Crippen molar-refractivity contribution in [3.05, 3.63) is 0 Å². The van der Waals surface area contributed by atoms with Crippen LogP contribution in [0.15, 0.2) is 0 Å². The lowest BCUT2D eigenvalue weighted by Crippen LogP contribution is -2.60. The molecule has 0 aromatic carbocycles. The summed E-state index contributed by atoms with van der Waals surface area (Å²) in [5.41, 5.74) is -0.523. The predicted octanol–water partition coefficient (Wildman–Crippen LogP) is 1.75. The van der Waals surface area contributed by atoms with Gasteiger partial charge in [-0.2, -0.15) is 0 Å². The van der Waals surface area contributed by atoms with Gasteiger partial charge in [-0.25, -0.2) is 0 Å². The molecule has 3 nitrogen and oxygen atoms in total. The van der Waals surface area contributed by atoms with E-state index in [1.54, 1.807) is 0 Å². The van der Waals surface area contributed by atoms with Crippen LogP contribution in [0, 0.1) is 0 Å². The second kappa shape index (κ2) is 2.27. The number of nitrogens with zero attached hydrogens (tertiary/aromatic N) is 1. The predicted molar refractivity (Wildman–Crippen MR) is 48.6 cm³/mol. The first kappa shape index (κ1) is 9.44. The van der Waals surface area contributed by atoms with Gasteiger partial charge in [0.1, 0.15) is 0 Å². The van der Waals surface area contributed by atoms with Crippen molar-refractivity contribution in [1.82, 2.24) is 5.06 Å². The molecule has 2 heterocycles. The lowest BCUT2D eigenvalue weighted by atomic mass is 9.75. The molecule has 0 amide bonds. The summed E-state index contributed by atoms with van der Waals surface area (Å²) >= 11 is 0. The third kappa shape index (κ3) is 1.39. The number of rotatable bonds is 0. The summed E-state index contributed by atoms with van der Waals surface area (Å²) in [5.74, 6) is 0. The molecule has 0 aromatic heterocycles. The number of epoxide rings is 1. The van der Waals surface area contributed by atoms with Crippen LogP contribution in [-0.4, -0.2) is 28.3 Å². The molecule has 0 unspecified atom stereocenters. The van der Waals surface area contributed by atoms with E-state index in [2.05, 4.69) is 0 Å². The molecule has 1 radical (unpaired) electrons. The van der Waals surface area contributed by atoms with E-state index in [9.17, 15) is 5.21 Å². The molecule has 2 aliphatic heterocycles. The minimum atomic E-state index is -0.280. The Hall–Kier alpha value is -0.120. The third-order valence-electron chi connectivity index (χ3n) is 3.16. The van der Waals surface area contributed by atoms with Crippen molar-refractivity contribution in [3.63, 3.8) is 0 Å². The first-order valence-electron chi connectivity index (χ1n) is 4.89. The van der Waals surface area contributed by atoms with Gasteiger partial charge in [0.2, 0.25) is 0 Å². The van der Waals surface area contributed by atoms with Crippen LogP contribution in [0.4, 0.5) is 0 Å². The maximum absolute atomic E-state index is 11.9. The van der Waals surface area contributed by atoms with E-state index in [0.29, 0.717) is 0 Å². The first-order chi connectivity index (χ1) is 5.78. The molecule has 0 atom stereocenters. The van der Waals surface area contributed by atoms with Crippen LogP contribution < -0.4 is 0 Å². The van der Waals surface area contributed by atoms with Gasteiger partial charge in [-0.1, -0.05) is 0 Å². The normalized spacial score (nSPS) is 34.8. The fourth-order valence-corrected chi connectivity index (χ4v) is 2.91. The van der Waals surface area contributed by atoms with Crippen molar-refractivity contribution in [2.24, 2.45) is 0 Å². The van der Waals surface area contributed by atoms with Crippen LogP contribution in [0.3, 0.4) is 0 Å². The van der Waals surface area contributed by atoms with E-state index >= 15 is 0 Å². The Kier molecular flexibility index (Phi) is 1.65. The molecule has 0 N–H and O–H groups in total. The van der Waals surface area contributed by atoms with Crippen molar-refractivity contribution >= 4 is 0 Å². The molecule has 1 spiro atoms. The summed E-state index contributed by atoms with van der Waals surface area (Å²) in [7, 11) is 0. The summed E-state index contributed by atoms with van der Waals surface area (Å²) in [5, 5.41) is 13.2. The summed E-state index contributed by atoms with van der Waals surface area (Å²) in [6, 6.07) is 0. The SMILES string of the molecule is CC1(C)CC2(CO2)CC(C)(C)N1[O]. The van der Waals surface area contributed by atoms with Crippen molar-refractivity contribution < 1.29 is 9.94 Å².